The average Bonchev–Trinajstić information content (AvgIpc) is 3.01. The zero-order valence-corrected chi connectivity index (χ0v) is 13.6. The van der Waals surface area contributed by atoms with E-state index in [0.717, 1.165) is 12.2 Å². The lowest BCUT2D eigenvalue weighted by atomic mass is 9.84. The van der Waals surface area contributed by atoms with Crippen molar-refractivity contribution in [2.24, 2.45) is 5.92 Å². The number of ether oxygens (including phenoxy) is 1. The van der Waals surface area contributed by atoms with Crippen molar-refractivity contribution in [2.45, 2.75) is 44.6 Å². The Morgan fingerprint density at radius 2 is 2.14 bits per heavy atom. The van der Waals surface area contributed by atoms with Gasteiger partial charge in [-0.05, 0) is 48.4 Å². The van der Waals surface area contributed by atoms with Gasteiger partial charge >= 0.3 is 0 Å². The molecule has 3 heteroatoms. The lowest BCUT2D eigenvalue weighted by Gasteiger charge is -2.30. The van der Waals surface area contributed by atoms with Crippen LogP contribution in [0.3, 0.4) is 0 Å². The maximum Gasteiger partial charge on any atom is 0.129 e. The number of halogens is 1. The summed E-state index contributed by atoms with van der Waals surface area (Å²) in [6.45, 7) is 0. The summed E-state index contributed by atoms with van der Waals surface area (Å²) < 4.78 is 6.27. The maximum absolute atomic E-state index is 6.27. The van der Waals surface area contributed by atoms with Gasteiger partial charge in [-0.15, -0.1) is 11.3 Å². The fraction of sp³-hybridized carbons (Fsp3) is 0.444. The summed E-state index contributed by atoms with van der Waals surface area (Å²) in [7, 11) is 0. The van der Waals surface area contributed by atoms with Crippen LogP contribution in [0.2, 0.25) is 5.02 Å². The molecule has 0 bridgehead atoms. The van der Waals surface area contributed by atoms with E-state index in [4.69, 9.17) is 16.3 Å². The van der Waals surface area contributed by atoms with Crippen LogP contribution in [0.4, 0.5) is 0 Å². The Balaban J connectivity index is 1.74. The molecular formula is C18H20ClOS. The molecule has 1 nitrogen and oxygen atoms in total. The highest BCUT2D eigenvalue weighted by atomic mass is 35.5. The fourth-order valence-electron chi connectivity index (χ4n) is 3.09. The molecule has 1 fully saturated rings. The lowest BCUT2D eigenvalue weighted by Crippen LogP contribution is -2.30. The van der Waals surface area contributed by atoms with Crippen molar-refractivity contribution >= 4 is 22.9 Å². The highest BCUT2D eigenvalue weighted by molar-refractivity contribution is 7.09. The molecule has 1 aliphatic rings. The van der Waals surface area contributed by atoms with Gasteiger partial charge in [0.1, 0.15) is 11.9 Å². The van der Waals surface area contributed by atoms with Crippen molar-refractivity contribution in [2.75, 3.05) is 0 Å². The minimum absolute atomic E-state index is 0.235. The Labute approximate surface area is 135 Å². The van der Waals surface area contributed by atoms with Crippen molar-refractivity contribution in [1.29, 1.82) is 0 Å². The molecule has 0 spiro atoms. The van der Waals surface area contributed by atoms with Gasteiger partial charge in [0, 0.05) is 22.4 Å². The molecule has 111 valence electrons. The topological polar surface area (TPSA) is 9.23 Å². The van der Waals surface area contributed by atoms with Gasteiger partial charge in [0.2, 0.25) is 0 Å². The van der Waals surface area contributed by atoms with Gasteiger partial charge in [-0.25, -0.2) is 0 Å². The third-order valence-electron chi connectivity index (χ3n) is 4.17. The molecule has 21 heavy (non-hydrogen) atoms. The van der Waals surface area contributed by atoms with E-state index in [0.29, 0.717) is 10.9 Å². The molecule has 1 atom stereocenters. The average molecular weight is 320 g/mol. The van der Waals surface area contributed by atoms with Gasteiger partial charge in [-0.1, -0.05) is 36.9 Å². The SMILES string of the molecule is Clc1cc[c]c(OC(Cc2cccs2)C2CCCCC2)c1. The first kappa shape index (κ1) is 14.9. The molecule has 0 amide bonds. The van der Waals surface area contributed by atoms with Crippen LogP contribution in [0.5, 0.6) is 5.75 Å². The van der Waals surface area contributed by atoms with Crippen LogP contribution >= 0.6 is 22.9 Å². The standard InChI is InChI=1S/C18H20ClOS/c19-15-8-4-9-16(12-15)20-18(13-17-10-5-11-21-17)14-6-2-1-3-7-14/h4-5,8,10-12,14,18H,1-3,6-7,13H2. The molecule has 1 aromatic carbocycles. The lowest BCUT2D eigenvalue weighted by molar-refractivity contribution is 0.108. The van der Waals surface area contributed by atoms with E-state index in [-0.39, 0.29) is 6.10 Å². The first-order valence-corrected chi connectivity index (χ1v) is 8.93. The molecule has 3 rings (SSSR count). The van der Waals surface area contributed by atoms with Crippen molar-refractivity contribution in [1.82, 2.24) is 0 Å². The van der Waals surface area contributed by atoms with Crippen molar-refractivity contribution < 1.29 is 4.74 Å². The number of hydrogen-bond acceptors (Lipinski definition) is 2. The molecule has 0 N–H and O–H groups in total. The highest BCUT2D eigenvalue weighted by Gasteiger charge is 2.26. The molecular weight excluding hydrogens is 300 g/mol. The highest BCUT2D eigenvalue weighted by Crippen LogP contribution is 2.31. The second-order valence-corrected chi connectivity index (χ2v) is 7.18. The van der Waals surface area contributed by atoms with E-state index in [2.05, 4.69) is 23.6 Å². The summed E-state index contributed by atoms with van der Waals surface area (Å²) in [6.07, 6.45) is 7.79. The third-order valence-corrected chi connectivity index (χ3v) is 5.31. The Hall–Kier alpha value is -0.990. The normalized spacial score (nSPS) is 17.6. The van der Waals surface area contributed by atoms with E-state index in [9.17, 15) is 0 Å². The van der Waals surface area contributed by atoms with Gasteiger partial charge < -0.3 is 4.74 Å². The van der Waals surface area contributed by atoms with Crippen LogP contribution in [-0.4, -0.2) is 6.10 Å². The predicted octanol–water partition coefficient (Wildman–Crippen LogP) is 5.77. The molecule has 1 aliphatic carbocycles. The number of benzene rings is 1. The molecule has 1 unspecified atom stereocenters. The minimum atomic E-state index is 0.235. The van der Waals surface area contributed by atoms with Crippen molar-refractivity contribution in [3.63, 3.8) is 0 Å². The Morgan fingerprint density at radius 3 is 2.86 bits per heavy atom. The summed E-state index contributed by atoms with van der Waals surface area (Å²) in [6, 6.07) is 13.0. The maximum atomic E-state index is 6.27. The zero-order valence-electron chi connectivity index (χ0n) is 12.1. The predicted molar refractivity (Wildman–Crippen MR) is 89.3 cm³/mol. The smallest absolute Gasteiger partial charge is 0.129 e. The van der Waals surface area contributed by atoms with Crippen LogP contribution in [0.1, 0.15) is 37.0 Å². The van der Waals surface area contributed by atoms with Crippen LogP contribution in [0.15, 0.2) is 35.7 Å². The van der Waals surface area contributed by atoms with Crippen LogP contribution in [0.25, 0.3) is 0 Å². The minimum Gasteiger partial charge on any atom is -0.489 e. The Kier molecular flexibility index (Phi) is 5.21. The Bertz CT molecular complexity index is 546. The van der Waals surface area contributed by atoms with Gasteiger partial charge in [0.25, 0.3) is 0 Å². The summed E-state index contributed by atoms with van der Waals surface area (Å²) in [5.41, 5.74) is 0. The van der Waals surface area contributed by atoms with E-state index >= 15 is 0 Å². The quantitative estimate of drug-likeness (QED) is 0.679. The Morgan fingerprint density at radius 1 is 1.29 bits per heavy atom. The number of thiophene rings is 1. The monoisotopic (exact) mass is 319 g/mol. The van der Waals surface area contributed by atoms with Gasteiger partial charge in [0.15, 0.2) is 0 Å². The van der Waals surface area contributed by atoms with Gasteiger partial charge in [-0.2, -0.15) is 0 Å². The number of hydrogen-bond donors (Lipinski definition) is 0. The third kappa shape index (κ3) is 4.24. The molecule has 2 aromatic rings. The van der Waals surface area contributed by atoms with E-state index < -0.39 is 0 Å². The van der Waals surface area contributed by atoms with Crippen LogP contribution < -0.4 is 4.74 Å². The fourth-order valence-corrected chi connectivity index (χ4v) is 4.00. The summed E-state index contributed by atoms with van der Waals surface area (Å²) in [5, 5.41) is 2.85. The molecule has 1 aromatic heterocycles. The first-order valence-electron chi connectivity index (χ1n) is 7.67. The second kappa shape index (κ2) is 7.33. The van der Waals surface area contributed by atoms with Crippen LogP contribution in [0, 0.1) is 12.0 Å². The molecule has 1 heterocycles. The van der Waals surface area contributed by atoms with E-state index in [1.165, 1.54) is 37.0 Å². The largest absolute Gasteiger partial charge is 0.489 e. The van der Waals surface area contributed by atoms with Crippen LogP contribution in [-0.2, 0) is 6.42 Å². The van der Waals surface area contributed by atoms with E-state index in [1.54, 1.807) is 0 Å². The van der Waals surface area contributed by atoms with E-state index in [1.807, 2.05) is 29.5 Å². The van der Waals surface area contributed by atoms with Gasteiger partial charge in [0.05, 0.1) is 0 Å². The molecule has 1 saturated carbocycles. The molecule has 0 aliphatic heterocycles. The van der Waals surface area contributed by atoms with Crippen molar-refractivity contribution in [3.05, 3.63) is 51.7 Å². The second-order valence-electron chi connectivity index (χ2n) is 5.71. The zero-order chi connectivity index (χ0) is 14.5. The summed E-state index contributed by atoms with van der Waals surface area (Å²) in [4.78, 5) is 1.40. The number of rotatable bonds is 5. The van der Waals surface area contributed by atoms with Crippen molar-refractivity contribution in [3.8, 4) is 5.75 Å². The van der Waals surface area contributed by atoms with Gasteiger partial charge in [-0.3, -0.25) is 0 Å². The first-order chi connectivity index (χ1) is 10.3. The summed E-state index contributed by atoms with van der Waals surface area (Å²) >= 11 is 7.87. The summed E-state index contributed by atoms with van der Waals surface area (Å²) in [5.74, 6) is 1.42. The molecule has 0 saturated heterocycles. The molecule has 1 radical (unpaired) electrons.